The molecular weight excluding hydrogens is 244 g/mol. The number of carbonyl (C=O) groups is 1. The van der Waals surface area contributed by atoms with E-state index in [1.54, 1.807) is 25.4 Å². The number of H-pyrrole nitrogens is 1. The number of carbonyl (C=O) groups excluding carboxylic acids is 1. The minimum Gasteiger partial charge on any atom is -0.352 e. The Hall–Kier alpha value is -2.50. The first kappa shape index (κ1) is 12.9. The molecule has 0 atom stereocenters. The van der Waals surface area contributed by atoms with Crippen LogP contribution in [-0.2, 0) is 17.8 Å². The van der Waals surface area contributed by atoms with E-state index in [2.05, 4.69) is 20.3 Å². The van der Waals surface area contributed by atoms with E-state index in [0.29, 0.717) is 17.9 Å². The highest BCUT2D eigenvalue weighted by Crippen LogP contribution is 1.96. The van der Waals surface area contributed by atoms with E-state index in [1.165, 1.54) is 6.20 Å². The summed E-state index contributed by atoms with van der Waals surface area (Å²) < 4.78 is 0. The molecule has 98 valence electrons. The standard InChI is InChI=1S/C13H14N4O2/c1-9-15-8-11(13(19)17-9)5-12(18)16-7-10-3-2-4-14-6-10/h2-4,6,8H,5,7H2,1H3,(H,16,18)(H,15,17,19). The average molecular weight is 258 g/mol. The van der Waals surface area contributed by atoms with Crippen LogP contribution < -0.4 is 10.9 Å². The summed E-state index contributed by atoms with van der Waals surface area (Å²) in [6, 6.07) is 3.67. The summed E-state index contributed by atoms with van der Waals surface area (Å²) >= 11 is 0. The number of pyridine rings is 1. The maximum absolute atomic E-state index is 11.7. The van der Waals surface area contributed by atoms with Crippen molar-refractivity contribution in [3.63, 3.8) is 0 Å². The average Bonchev–Trinajstić information content (AvgIpc) is 2.41. The minimum absolute atomic E-state index is 0.0167. The van der Waals surface area contributed by atoms with Gasteiger partial charge < -0.3 is 10.3 Å². The molecule has 0 unspecified atom stereocenters. The van der Waals surface area contributed by atoms with Gasteiger partial charge in [-0.25, -0.2) is 4.98 Å². The van der Waals surface area contributed by atoms with Gasteiger partial charge in [0.2, 0.25) is 5.91 Å². The van der Waals surface area contributed by atoms with Gasteiger partial charge in [-0.2, -0.15) is 0 Å². The van der Waals surface area contributed by atoms with E-state index in [9.17, 15) is 9.59 Å². The van der Waals surface area contributed by atoms with Crippen molar-refractivity contribution in [1.82, 2.24) is 20.3 Å². The molecule has 0 saturated carbocycles. The lowest BCUT2D eigenvalue weighted by Crippen LogP contribution is -2.27. The highest BCUT2D eigenvalue weighted by atomic mass is 16.2. The quantitative estimate of drug-likeness (QED) is 0.827. The minimum atomic E-state index is -0.274. The van der Waals surface area contributed by atoms with Crippen molar-refractivity contribution in [3.8, 4) is 0 Å². The van der Waals surface area contributed by atoms with Crippen LogP contribution in [0.3, 0.4) is 0 Å². The van der Waals surface area contributed by atoms with E-state index >= 15 is 0 Å². The number of hydrogen-bond acceptors (Lipinski definition) is 4. The molecule has 0 bridgehead atoms. The summed E-state index contributed by atoms with van der Waals surface area (Å²) in [5, 5.41) is 2.73. The van der Waals surface area contributed by atoms with E-state index in [0.717, 1.165) is 5.56 Å². The smallest absolute Gasteiger partial charge is 0.254 e. The molecule has 0 aliphatic heterocycles. The zero-order valence-corrected chi connectivity index (χ0v) is 10.5. The highest BCUT2D eigenvalue weighted by Gasteiger charge is 2.07. The van der Waals surface area contributed by atoms with Crippen molar-refractivity contribution in [2.75, 3.05) is 0 Å². The number of aromatic nitrogens is 3. The molecule has 6 nitrogen and oxygen atoms in total. The van der Waals surface area contributed by atoms with Crippen molar-refractivity contribution in [2.24, 2.45) is 0 Å². The van der Waals surface area contributed by atoms with Crippen LogP contribution in [0.5, 0.6) is 0 Å². The van der Waals surface area contributed by atoms with Crippen LogP contribution in [-0.4, -0.2) is 20.9 Å². The number of aromatic amines is 1. The van der Waals surface area contributed by atoms with Crippen LogP contribution in [0.25, 0.3) is 0 Å². The molecule has 0 aliphatic carbocycles. The lowest BCUT2D eigenvalue weighted by molar-refractivity contribution is -0.120. The monoisotopic (exact) mass is 258 g/mol. The van der Waals surface area contributed by atoms with Gasteiger partial charge in [0.25, 0.3) is 5.56 Å². The molecule has 2 aromatic heterocycles. The summed E-state index contributed by atoms with van der Waals surface area (Å²) in [4.78, 5) is 33.8. The van der Waals surface area contributed by atoms with E-state index in [4.69, 9.17) is 0 Å². The number of amides is 1. The fraction of sp³-hybridized carbons (Fsp3) is 0.231. The van der Waals surface area contributed by atoms with Gasteiger partial charge in [-0.1, -0.05) is 6.07 Å². The Bertz CT molecular complexity index is 622. The summed E-state index contributed by atoms with van der Waals surface area (Å²) in [5.74, 6) is 0.310. The third-order valence-corrected chi connectivity index (χ3v) is 2.56. The maximum atomic E-state index is 11.7. The van der Waals surface area contributed by atoms with Gasteiger partial charge in [0.05, 0.1) is 6.42 Å². The molecule has 2 aromatic rings. The third-order valence-electron chi connectivity index (χ3n) is 2.56. The summed E-state index contributed by atoms with van der Waals surface area (Å²) in [6.45, 7) is 2.08. The Labute approximate surface area is 109 Å². The zero-order chi connectivity index (χ0) is 13.7. The van der Waals surface area contributed by atoms with E-state index in [1.807, 2.05) is 6.07 Å². The Morgan fingerprint density at radius 1 is 1.42 bits per heavy atom. The topological polar surface area (TPSA) is 87.7 Å². The first-order valence-corrected chi connectivity index (χ1v) is 5.85. The molecule has 2 heterocycles. The van der Waals surface area contributed by atoms with E-state index in [-0.39, 0.29) is 17.9 Å². The number of aryl methyl sites for hydroxylation is 1. The SMILES string of the molecule is Cc1ncc(CC(=O)NCc2cccnc2)c(=O)[nH]1. The molecule has 0 saturated heterocycles. The van der Waals surface area contributed by atoms with Crippen LogP contribution in [0.4, 0.5) is 0 Å². The van der Waals surface area contributed by atoms with Crippen molar-refractivity contribution >= 4 is 5.91 Å². The molecule has 1 amide bonds. The lowest BCUT2D eigenvalue weighted by atomic mass is 10.2. The molecule has 0 aromatic carbocycles. The molecule has 0 aliphatic rings. The largest absolute Gasteiger partial charge is 0.352 e. The first-order valence-electron chi connectivity index (χ1n) is 5.85. The molecule has 0 radical (unpaired) electrons. The fourth-order valence-electron chi connectivity index (χ4n) is 1.57. The van der Waals surface area contributed by atoms with Crippen molar-refractivity contribution in [3.05, 3.63) is 58.0 Å². The molecule has 0 fully saturated rings. The van der Waals surface area contributed by atoms with Crippen LogP contribution >= 0.6 is 0 Å². The van der Waals surface area contributed by atoms with Crippen LogP contribution in [0.2, 0.25) is 0 Å². The normalized spacial score (nSPS) is 10.2. The van der Waals surface area contributed by atoms with Gasteiger partial charge in [0, 0.05) is 30.7 Å². The lowest BCUT2D eigenvalue weighted by Gasteiger charge is -2.04. The predicted octanol–water partition coefficient (Wildman–Crippen LogP) is 0.332. The maximum Gasteiger partial charge on any atom is 0.254 e. The van der Waals surface area contributed by atoms with Gasteiger partial charge in [-0.05, 0) is 18.6 Å². The zero-order valence-electron chi connectivity index (χ0n) is 10.5. The molecular formula is C13H14N4O2. The number of nitrogens with zero attached hydrogens (tertiary/aromatic N) is 2. The Balaban J connectivity index is 1.93. The van der Waals surface area contributed by atoms with Gasteiger partial charge in [-0.3, -0.25) is 14.6 Å². The van der Waals surface area contributed by atoms with Crippen molar-refractivity contribution in [1.29, 1.82) is 0 Å². The number of hydrogen-bond donors (Lipinski definition) is 2. The molecule has 19 heavy (non-hydrogen) atoms. The van der Waals surface area contributed by atoms with Crippen LogP contribution in [0.15, 0.2) is 35.5 Å². The second-order valence-corrected chi connectivity index (χ2v) is 4.14. The first-order chi connectivity index (χ1) is 9.15. The Morgan fingerprint density at radius 3 is 2.95 bits per heavy atom. The van der Waals surface area contributed by atoms with Crippen LogP contribution in [0.1, 0.15) is 17.0 Å². The molecule has 2 rings (SSSR count). The molecule has 0 spiro atoms. The number of nitrogens with one attached hydrogen (secondary N) is 2. The molecule has 2 N–H and O–H groups in total. The third kappa shape index (κ3) is 3.74. The summed E-state index contributed by atoms with van der Waals surface area (Å²) in [6.07, 6.45) is 4.80. The predicted molar refractivity (Wildman–Crippen MR) is 69.4 cm³/mol. The highest BCUT2D eigenvalue weighted by molar-refractivity contribution is 5.78. The van der Waals surface area contributed by atoms with Crippen molar-refractivity contribution < 1.29 is 4.79 Å². The van der Waals surface area contributed by atoms with Gasteiger partial charge in [-0.15, -0.1) is 0 Å². The molecule has 6 heteroatoms. The van der Waals surface area contributed by atoms with Gasteiger partial charge >= 0.3 is 0 Å². The Kier molecular flexibility index (Phi) is 4.02. The second-order valence-electron chi connectivity index (χ2n) is 4.14. The second kappa shape index (κ2) is 5.90. The number of rotatable bonds is 4. The summed E-state index contributed by atoms with van der Waals surface area (Å²) in [5.41, 5.74) is 0.991. The van der Waals surface area contributed by atoms with Crippen molar-refractivity contribution in [2.45, 2.75) is 19.9 Å². The Morgan fingerprint density at radius 2 is 2.26 bits per heavy atom. The summed E-state index contributed by atoms with van der Waals surface area (Å²) in [7, 11) is 0. The van der Waals surface area contributed by atoms with E-state index < -0.39 is 0 Å². The van der Waals surface area contributed by atoms with Gasteiger partial charge in [0.1, 0.15) is 5.82 Å². The fourth-order valence-corrected chi connectivity index (χ4v) is 1.57. The van der Waals surface area contributed by atoms with Crippen LogP contribution in [0, 0.1) is 6.92 Å². The van der Waals surface area contributed by atoms with Gasteiger partial charge in [0.15, 0.2) is 0 Å².